The Morgan fingerprint density at radius 3 is 2.94 bits per heavy atom. The van der Waals surface area contributed by atoms with E-state index in [-0.39, 0.29) is 5.25 Å². The summed E-state index contributed by atoms with van der Waals surface area (Å²) in [5.41, 5.74) is -0.683. The van der Waals surface area contributed by atoms with Gasteiger partial charge in [0.2, 0.25) is 0 Å². The molecule has 0 aliphatic carbocycles. The molecular weight excluding hydrogens is 250 g/mol. The maximum atomic E-state index is 11.3. The normalized spacial score (nSPS) is 45.8. The summed E-state index contributed by atoms with van der Waals surface area (Å²) in [4.78, 5) is 9.30. The number of ether oxygens (including phenoxy) is 2. The molecule has 2 radical (unpaired) electrons. The fourth-order valence-electron chi connectivity index (χ4n) is 2.18. The quantitative estimate of drug-likeness (QED) is 0.578. The molecule has 2 rings (SSSR count). The van der Waals surface area contributed by atoms with Crippen LogP contribution in [0.1, 0.15) is 0 Å². The standard InChI is InChI=1S/C8H14BO5PS/c1-12-3-8-4-16-5(7(9)13-8)6(8)14-15(2,10)11/h5-7H,3-4H2,1-2H3,(H,10,11)/t5?,6-,7-,8+/m1/s1. The number of hydrogen-bond acceptors (Lipinski definition) is 5. The zero-order chi connectivity index (χ0) is 12.0. The van der Waals surface area contributed by atoms with Crippen molar-refractivity contribution < 1.29 is 23.5 Å². The molecule has 90 valence electrons. The first-order valence-corrected chi connectivity index (χ1v) is 7.98. The summed E-state index contributed by atoms with van der Waals surface area (Å²) in [5.74, 6) is 0.671. The molecule has 0 saturated carbocycles. The Bertz CT molecular complexity index is 324. The molecule has 8 heteroatoms. The molecule has 16 heavy (non-hydrogen) atoms. The van der Waals surface area contributed by atoms with Crippen LogP contribution in [0.3, 0.4) is 0 Å². The van der Waals surface area contributed by atoms with Crippen molar-refractivity contribution in [3.05, 3.63) is 0 Å². The minimum atomic E-state index is -3.55. The Labute approximate surface area is 100 Å². The molecule has 0 spiro atoms. The molecule has 1 N–H and O–H groups in total. The fraction of sp³-hybridized carbons (Fsp3) is 1.00. The molecule has 2 unspecified atom stereocenters. The summed E-state index contributed by atoms with van der Waals surface area (Å²) in [6.45, 7) is 1.48. The lowest BCUT2D eigenvalue weighted by Gasteiger charge is -2.30. The molecule has 2 heterocycles. The maximum absolute atomic E-state index is 11.3. The molecule has 2 aliphatic rings. The smallest absolute Gasteiger partial charge is 0.325 e. The summed E-state index contributed by atoms with van der Waals surface area (Å²) in [7, 11) is 3.80. The van der Waals surface area contributed by atoms with Crippen molar-refractivity contribution in [2.24, 2.45) is 0 Å². The number of methoxy groups -OCH3 is 1. The van der Waals surface area contributed by atoms with Crippen molar-refractivity contribution in [1.29, 1.82) is 0 Å². The van der Waals surface area contributed by atoms with Crippen molar-refractivity contribution in [2.75, 3.05) is 26.1 Å². The molecule has 0 aromatic heterocycles. The predicted octanol–water partition coefficient (Wildman–Crippen LogP) is 0.212. The second-order valence-corrected chi connectivity index (χ2v) is 7.17. The lowest BCUT2D eigenvalue weighted by molar-refractivity contribution is -0.0835. The minimum absolute atomic E-state index is 0.101. The molecular formula is C8H14BO5PS. The molecule has 0 aromatic rings. The third-order valence-electron chi connectivity index (χ3n) is 2.73. The Hall–Kier alpha value is 0.485. The monoisotopic (exact) mass is 264 g/mol. The largest absolute Gasteiger partial charge is 0.382 e. The van der Waals surface area contributed by atoms with Gasteiger partial charge >= 0.3 is 7.60 Å². The highest BCUT2D eigenvalue weighted by Crippen LogP contribution is 2.53. The molecule has 5 atom stereocenters. The van der Waals surface area contributed by atoms with E-state index >= 15 is 0 Å². The van der Waals surface area contributed by atoms with Crippen LogP contribution in [0.25, 0.3) is 0 Å². The topological polar surface area (TPSA) is 65.0 Å². The molecule has 2 aliphatic heterocycles. The highest BCUT2D eigenvalue weighted by Gasteiger charge is 2.61. The van der Waals surface area contributed by atoms with Gasteiger partial charge in [-0.1, -0.05) is 0 Å². The summed E-state index contributed by atoms with van der Waals surface area (Å²) < 4.78 is 27.3. The average Bonchev–Trinajstić information content (AvgIpc) is 2.54. The first-order chi connectivity index (χ1) is 7.38. The number of thioether (sulfide) groups is 1. The lowest BCUT2D eigenvalue weighted by atomic mass is 9.93. The van der Waals surface area contributed by atoms with Gasteiger partial charge in [0, 0.05) is 25.5 Å². The molecule has 0 aromatic carbocycles. The van der Waals surface area contributed by atoms with E-state index in [0.717, 1.165) is 0 Å². The fourth-order valence-corrected chi connectivity index (χ4v) is 4.52. The van der Waals surface area contributed by atoms with E-state index in [1.807, 2.05) is 0 Å². The van der Waals surface area contributed by atoms with Crippen LogP contribution < -0.4 is 0 Å². The first-order valence-electron chi connectivity index (χ1n) is 4.90. The van der Waals surface area contributed by atoms with Gasteiger partial charge in [-0.15, -0.1) is 0 Å². The Morgan fingerprint density at radius 1 is 1.75 bits per heavy atom. The van der Waals surface area contributed by atoms with Crippen LogP contribution in [0.2, 0.25) is 0 Å². The summed E-state index contributed by atoms with van der Waals surface area (Å²) >= 11 is 1.60. The summed E-state index contributed by atoms with van der Waals surface area (Å²) in [6.07, 6.45) is -0.478. The number of fused-ring (bicyclic) bond motifs is 2. The zero-order valence-electron chi connectivity index (χ0n) is 9.16. The molecule has 2 fully saturated rings. The second kappa shape index (κ2) is 4.30. The van der Waals surface area contributed by atoms with E-state index in [2.05, 4.69) is 0 Å². The van der Waals surface area contributed by atoms with Crippen LogP contribution in [0.4, 0.5) is 0 Å². The van der Waals surface area contributed by atoms with Crippen molar-refractivity contribution >= 4 is 27.2 Å². The van der Waals surface area contributed by atoms with Gasteiger partial charge < -0.3 is 18.9 Å². The molecule has 0 amide bonds. The summed E-state index contributed by atoms with van der Waals surface area (Å²) in [6, 6.07) is -0.467. The van der Waals surface area contributed by atoms with Crippen molar-refractivity contribution in [1.82, 2.24) is 0 Å². The second-order valence-electron chi connectivity index (χ2n) is 4.18. The highest BCUT2D eigenvalue weighted by atomic mass is 32.2. The van der Waals surface area contributed by atoms with Gasteiger partial charge in [0.25, 0.3) is 0 Å². The molecule has 2 bridgehead atoms. The average molecular weight is 264 g/mol. The van der Waals surface area contributed by atoms with Crippen LogP contribution in [-0.2, 0) is 18.6 Å². The molecule has 2 saturated heterocycles. The highest BCUT2D eigenvalue weighted by molar-refractivity contribution is 8.00. The first kappa shape index (κ1) is 12.9. The van der Waals surface area contributed by atoms with Gasteiger partial charge in [-0.25, -0.2) is 0 Å². The van der Waals surface area contributed by atoms with Gasteiger partial charge in [-0.2, -0.15) is 11.8 Å². The van der Waals surface area contributed by atoms with Crippen LogP contribution in [0.15, 0.2) is 0 Å². The minimum Gasteiger partial charge on any atom is -0.382 e. The van der Waals surface area contributed by atoms with Crippen LogP contribution >= 0.6 is 19.4 Å². The van der Waals surface area contributed by atoms with Crippen LogP contribution in [0, 0.1) is 0 Å². The van der Waals surface area contributed by atoms with E-state index < -0.39 is 25.3 Å². The SMILES string of the molecule is [B][C@@H]1O[C@@]2(COC)CSC1[C@H]2OP(C)(=O)O. The Kier molecular flexibility index (Phi) is 3.48. The van der Waals surface area contributed by atoms with E-state index in [9.17, 15) is 9.46 Å². The molecule has 5 nitrogen and oxygen atoms in total. The van der Waals surface area contributed by atoms with Gasteiger partial charge in [0.05, 0.1) is 11.9 Å². The van der Waals surface area contributed by atoms with E-state index in [1.165, 1.54) is 6.66 Å². The predicted molar refractivity (Wildman–Crippen MR) is 62.1 cm³/mol. The van der Waals surface area contributed by atoms with Crippen molar-refractivity contribution in [3.8, 4) is 0 Å². The van der Waals surface area contributed by atoms with E-state index in [4.69, 9.17) is 21.8 Å². The number of rotatable bonds is 4. The van der Waals surface area contributed by atoms with E-state index in [1.54, 1.807) is 18.9 Å². The van der Waals surface area contributed by atoms with Crippen molar-refractivity contribution in [3.63, 3.8) is 0 Å². The Morgan fingerprint density at radius 2 is 2.44 bits per heavy atom. The van der Waals surface area contributed by atoms with Gasteiger partial charge in [0.1, 0.15) is 19.6 Å². The van der Waals surface area contributed by atoms with Crippen LogP contribution in [-0.4, -0.2) is 61.8 Å². The Balaban J connectivity index is 2.19. The van der Waals surface area contributed by atoms with Crippen LogP contribution in [0.5, 0.6) is 0 Å². The van der Waals surface area contributed by atoms with Crippen molar-refractivity contribution in [2.45, 2.75) is 23.0 Å². The maximum Gasteiger partial charge on any atom is 0.325 e. The van der Waals surface area contributed by atoms with E-state index in [0.29, 0.717) is 12.4 Å². The lowest BCUT2D eigenvalue weighted by Crippen LogP contribution is -2.45. The number of hydrogen-bond donors (Lipinski definition) is 1. The third-order valence-corrected chi connectivity index (χ3v) is 4.90. The zero-order valence-corrected chi connectivity index (χ0v) is 10.9. The summed E-state index contributed by atoms with van der Waals surface area (Å²) in [5, 5.41) is -0.101. The van der Waals surface area contributed by atoms with Gasteiger partial charge in [0.15, 0.2) is 0 Å². The van der Waals surface area contributed by atoms with Gasteiger partial charge in [-0.05, 0) is 0 Å². The van der Waals surface area contributed by atoms with Gasteiger partial charge in [-0.3, -0.25) is 4.57 Å². The third kappa shape index (κ3) is 2.21.